The van der Waals surface area contributed by atoms with Crippen LogP contribution in [-0.2, 0) is 14.3 Å². The van der Waals surface area contributed by atoms with E-state index in [9.17, 15) is 9.59 Å². The normalized spacial score (nSPS) is 44.2. The van der Waals surface area contributed by atoms with Crippen LogP contribution in [0.5, 0.6) is 0 Å². The Morgan fingerprint density at radius 2 is 2.00 bits per heavy atom. The Labute approximate surface area is 144 Å². The summed E-state index contributed by atoms with van der Waals surface area (Å²) in [5, 5.41) is 0. The highest BCUT2D eigenvalue weighted by molar-refractivity contribution is 5.95. The van der Waals surface area contributed by atoms with Crippen molar-refractivity contribution < 1.29 is 14.3 Å². The van der Waals surface area contributed by atoms with Crippen molar-refractivity contribution in [2.45, 2.75) is 59.3 Å². The number of carbonyl (C=O) groups is 2. The number of ketones is 2. The van der Waals surface area contributed by atoms with Gasteiger partial charge in [-0.2, -0.15) is 0 Å². The molecule has 2 saturated carbocycles. The van der Waals surface area contributed by atoms with E-state index in [4.69, 9.17) is 4.74 Å². The van der Waals surface area contributed by atoms with Crippen LogP contribution in [0.2, 0.25) is 0 Å². The molecule has 0 heterocycles. The zero-order valence-electron chi connectivity index (χ0n) is 15.1. The molecular formula is C21H28O3. The summed E-state index contributed by atoms with van der Waals surface area (Å²) < 4.78 is 5.73. The van der Waals surface area contributed by atoms with Crippen LogP contribution in [0.4, 0.5) is 0 Å². The van der Waals surface area contributed by atoms with Gasteiger partial charge in [-0.15, -0.1) is 0 Å². The fourth-order valence-corrected chi connectivity index (χ4v) is 6.21. The molecule has 0 bridgehead atoms. The second-order valence-corrected chi connectivity index (χ2v) is 8.63. The van der Waals surface area contributed by atoms with Crippen molar-refractivity contribution >= 4 is 11.6 Å². The molecule has 130 valence electrons. The average molecular weight is 328 g/mol. The molecular weight excluding hydrogens is 300 g/mol. The molecule has 4 aliphatic carbocycles. The maximum absolute atomic E-state index is 13.2. The van der Waals surface area contributed by atoms with E-state index in [-0.39, 0.29) is 16.7 Å². The summed E-state index contributed by atoms with van der Waals surface area (Å²) >= 11 is 0. The minimum Gasteiger partial charge on any atom is -0.498 e. The van der Waals surface area contributed by atoms with Gasteiger partial charge < -0.3 is 4.74 Å². The molecule has 0 aromatic heterocycles. The molecule has 2 fully saturated rings. The number of hydrogen-bond donors (Lipinski definition) is 0. The second-order valence-electron chi connectivity index (χ2n) is 8.63. The lowest BCUT2D eigenvalue weighted by Gasteiger charge is -2.54. The van der Waals surface area contributed by atoms with Crippen molar-refractivity contribution in [1.82, 2.24) is 0 Å². The van der Waals surface area contributed by atoms with E-state index in [2.05, 4.69) is 26.0 Å². The summed E-state index contributed by atoms with van der Waals surface area (Å²) in [5.41, 5.74) is 0.828. The summed E-state index contributed by atoms with van der Waals surface area (Å²) in [5.74, 6) is 2.53. The van der Waals surface area contributed by atoms with Gasteiger partial charge in [0.2, 0.25) is 0 Å². The minimum absolute atomic E-state index is 0.0758. The lowest BCUT2D eigenvalue weighted by Crippen LogP contribution is -2.54. The van der Waals surface area contributed by atoms with Gasteiger partial charge in [0.1, 0.15) is 11.6 Å². The van der Waals surface area contributed by atoms with Gasteiger partial charge in [0, 0.05) is 36.0 Å². The molecule has 0 aromatic carbocycles. The standard InChI is InChI=1S/C21H28O3/c1-4-24-14-9-10-20(2)13(11-14)5-6-15-16-7-8-18(23)21(16,3)12-17(22)19(15)20/h5,11,15-16,19H,4,6-10,12H2,1-3H3/t15-,16-,19+,20-,21-/m0/s1. The molecule has 24 heavy (non-hydrogen) atoms. The molecule has 5 atom stereocenters. The maximum atomic E-state index is 13.2. The Morgan fingerprint density at radius 1 is 1.21 bits per heavy atom. The molecule has 4 aliphatic rings. The summed E-state index contributed by atoms with van der Waals surface area (Å²) in [6.45, 7) is 7.04. The van der Waals surface area contributed by atoms with Gasteiger partial charge in [-0.3, -0.25) is 9.59 Å². The lowest BCUT2D eigenvalue weighted by atomic mass is 9.48. The van der Waals surface area contributed by atoms with E-state index in [0.29, 0.717) is 42.9 Å². The van der Waals surface area contributed by atoms with E-state index >= 15 is 0 Å². The molecule has 0 aromatic rings. The molecule has 3 heteroatoms. The monoisotopic (exact) mass is 328 g/mol. The number of rotatable bonds is 2. The van der Waals surface area contributed by atoms with E-state index in [1.54, 1.807) is 0 Å². The first-order chi connectivity index (χ1) is 11.4. The Morgan fingerprint density at radius 3 is 2.75 bits per heavy atom. The van der Waals surface area contributed by atoms with E-state index in [1.165, 1.54) is 5.57 Å². The molecule has 0 unspecified atom stereocenters. The van der Waals surface area contributed by atoms with E-state index in [0.717, 1.165) is 31.4 Å². The zero-order chi connectivity index (χ0) is 17.1. The molecule has 0 N–H and O–H groups in total. The van der Waals surface area contributed by atoms with Crippen LogP contribution in [0.3, 0.4) is 0 Å². The van der Waals surface area contributed by atoms with Crippen molar-refractivity contribution in [1.29, 1.82) is 0 Å². The largest absolute Gasteiger partial charge is 0.498 e. The quantitative estimate of drug-likeness (QED) is 0.762. The van der Waals surface area contributed by atoms with E-state index in [1.807, 2.05) is 6.92 Å². The molecule has 0 amide bonds. The van der Waals surface area contributed by atoms with Crippen LogP contribution < -0.4 is 0 Å². The molecule has 0 radical (unpaired) electrons. The smallest absolute Gasteiger partial charge is 0.139 e. The van der Waals surface area contributed by atoms with Crippen LogP contribution in [0, 0.1) is 28.6 Å². The predicted octanol–water partition coefficient (Wildman–Crippen LogP) is 4.23. The third-order valence-corrected chi connectivity index (χ3v) is 7.46. The van der Waals surface area contributed by atoms with Crippen LogP contribution >= 0.6 is 0 Å². The highest BCUT2D eigenvalue weighted by Crippen LogP contribution is 2.62. The van der Waals surface area contributed by atoms with Gasteiger partial charge in [0.05, 0.1) is 12.4 Å². The number of carbonyl (C=O) groups excluding carboxylic acids is 2. The highest BCUT2D eigenvalue weighted by Gasteiger charge is 2.61. The fourth-order valence-electron chi connectivity index (χ4n) is 6.21. The van der Waals surface area contributed by atoms with Gasteiger partial charge in [-0.25, -0.2) is 0 Å². The van der Waals surface area contributed by atoms with Gasteiger partial charge in [0.25, 0.3) is 0 Å². The van der Waals surface area contributed by atoms with Crippen LogP contribution in [0.15, 0.2) is 23.5 Å². The highest BCUT2D eigenvalue weighted by atomic mass is 16.5. The molecule has 0 saturated heterocycles. The zero-order valence-corrected chi connectivity index (χ0v) is 15.1. The first-order valence-electron chi connectivity index (χ1n) is 9.50. The summed E-state index contributed by atoms with van der Waals surface area (Å²) in [6, 6.07) is 0. The topological polar surface area (TPSA) is 43.4 Å². The maximum Gasteiger partial charge on any atom is 0.139 e. The number of allylic oxidation sites excluding steroid dienone is 4. The lowest BCUT2D eigenvalue weighted by molar-refractivity contribution is -0.147. The first-order valence-corrected chi connectivity index (χ1v) is 9.50. The fraction of sp³-hybridized carbons (Fsp3) is 0.714. The Kier molecular flexibility index (Phi) is 3.56. The minimum atomic E-state index is -0.388. The third-order valence-electron chi connectivity index (χ3n) is 7.46. The van der Waals surface area contributed by atoms with Crippen molar-refractivity contribution in [3.05, 3.63) is 23.5 Å². The van der Waals surface area contributed by atoms with Gasteiger partial charge in [-0.05, 0) is 49.7 Å². The van der Waals surface area contributed by atoms with Crippen molar-refractivity contribution in [3.63, 3.8) is 0 Å². The van der Waals surface area contributed by atoms with Crippen molar-refractivity contribution in [2.24, 2.45) is 28.6 Å². The number of fused-ring (bicyclic) bond motifs is 5. The Balaban J connectivity index is 1.73. The SMILES string of the molecule is CCOC1=CC2=CC[C@@H]3[C@H](C(=O)C[C@]4(C)C(=O)CC[C@@H]34)[C@@]2(C)CC1. The van der Waals surface area contributed by atoms with Gasteiger partial charge in [-0.1, -0.05) is 19.9 Å². The Bertz CT molecular complexity index is 658. The summed E-state index contributed by atoms with van der Waals surface area (Å²) in [6.07, 6.45) is 9.45. The summed E-state index contributed by atoms with van der Waals surface area (Å²) in [7, 11) is 0. The number of ether oxygens (including phenoxy) is 1. The molecule has 0 aliphatic heterocycles. The molecule has 0 spiro atoms. The number of Topliss-reactive ketones (excluding diaryl/α,β-unsaturated/α-hetero) is 2. The number of hydrogen-bond acceptors (Lipinski definition) is 3. The average Bonchev–Trinajstić information content (AvgIpc) is 2.82. The van der Waals surface area contributed by atoms with Gasteiger partial charge in [0.15, 0.2) is 0 Å². The Hall–Kier alpha value is -1.38. The van der Waals surface area contributed by atoms with Crippen LogP contribution in [0.25, 0.3) is 0 Å². The second kappa shape index (κ2) is 5.31. The van der Waals surface area contributed by atoms with Gasteiger partial charge >= 0.3 is 0 Å². The first kappa shape index (κ1) is 16.1. The van der Waals surface area contributed by atoms with Crippen molar-refractivity contribution in [3.8, 4) is 0 Å². The molecule has 4 rings (SSSR count). The van der Waals surface area contributed by atoms with Crippen LogP contribution in [0.1, 0.15) is 59.3 Å². The van der Waals surface area contributed by atoms with Crippen LogP contribution in [-0.4, -0.2) is 18.2 Å². The van der Waals surface area contributed by atoms with E-state index < -0.39 is 0 Å². The predicted molar refractivity (Wildman–Crippen MR) is 92.2 cm³/mol. The molecule has 3 nitrogen and oxygen atoms in total. The summed E-state index contributed by atoms with van der Waals surface area (Å²) in [4.78, 5) is 25.6. The third kappa shape index (κ3) is 2.02. The van der Waals surface area contributed by atoms with Crippen molar-refractivity contribution in [2.75, 3.05) is 6.61 Å².